The van der Waals surface area contributed by atoms with Crippen LogP contribution < -0.4 is 14.8 Å². The third-order valence-electron chi connectivity index (χ3n) is 6.48. The minimum atomic E-state index is -1.36. The van der Waals surface area contributed by atoms with E-state index in [0.29, 0.717) is 29.2 Å². The second-order valence-corrected chi connectivity index (χ2v) is 9.42. The summed E-state index contributed by atoms with van der Waals surface area (Å²) < 4.78 is 22.8. The molecule has 0 radical (unpaired) electrons. The van der Waals surface area contributed by atoms with Crippen molar-refractivity contribution >= 4 is 5.91 Å². The summed E-state index contributed by atoms with van der Waals surface area (Å²) in [6, 6.07) is 22.1. The molecule has 1 fully saturated rings. The van der Waals surface area contributed by atoms with Crippen LogP contribution in [0.3, 0.4) is 0 Å². The summed E-state index contributed by atoms with van der Waals surface area (Å²) in [7, 11) is 3.03. The van der Waals surface area contributed by atoms with Crippen LogP contribution in [0, 0.1) is 0 Å². The first kappa shape index (κ1) is 26.6. The molecule has 8 heteroatoms. The Hall–Kier alpha value is -3.43. The van der Waals surface area contributed by atoms with Gasteiger partial charge in [-0.25, -0.2) is 0 Å². The molecule has 37 heavy (non-hydrogen) atoms. The molecule has 0 spiro atoms. The lowest BCUT2D eigenvalue weighted by Gasteiger charge is -2.46. The Labute approximate surface area is 216 Å². The molecule has 0 bridgehead atoms. The second kappa shape index (κ2) is 11.3. The van der Waals surface area contributed by atoms with Crippen molar-refractivity contribution in [1.82, 2.24) is 5.32 Å². The molecule has 1 saturated heterocycles. The maximum absolute atomic E-state index is 13.4. The zero-order valence-corrected chi connectivity index (χ0v) is 21.4. The SMILES string of the molecule is COc1ccccc1-c1ccc(O[C@H]2OC(C)(C)[C@H](OC)[C@@H](O)[C@H]2O)cc1C(=O)NCc1ccccc1. The lowest BCUT2D eigenvalue weighted by molar-refractivity contribution is -0.305. The normalized spacial score (nSPS) is 22.8. The van der Waals surface area contributed by atoms with Crippen molar-refractivity contribution in [2.24, 2.45) is 0 Å². The van der Waals surface area contributed by atoms with Gasteiger partial charge >= 0.3 is 0 Å². The summed E-state index contributed by atoms with van der Waals surface area (Å²) in [6.45, 7) is 3.85. The fourth-order valence-corrected chi connectivity index (χ4v) is 4.60. The smallest absolute Gasteiger partial charge is 0.252 e. The first-order chi connectivity index (χ1) is 17.7. The molecule has 0 aliphatic carbocycles. The predicted octanol–water partition coefficient (Wildman–Crippen LogP) is 3.54. The summed E-state index contributed by atoms with van der Waals surface area (Å²) in [6.07, 6.45) is -4.49. The van der Waals surface area contributed by atoms with Crippen LogP contribution in [0.5, 0.6) is 11.5 Å². The van der Waals surface area contributed by atoms with Crippen LogP contribution in [0.1, 0.15) is 29.8 Å². The number of aliphatic hydroxyl groups excluding tert-OH is 2. The molecular formula is C29H33NO7. The van der Waals surface area contributed by atoms with Crippen LogP contribution in [0.2, 0.25) is 0 Å². The average Bonchev–Trinajstić information content (AvgIpc) is 2.90. The average molecular weight is 508 g/mol. The van der Waals surface area contributed by atoms with Gasteiger partial charge < -0.3 is 34.5 Å². The van der Waals surface area contributed by atoms with E-state index >= 15 is 0 Å². The van der Waals surface area contributed by atoms with Gasteiger partial charge in [-0.2, -0.15) is 0 Å². The molecule has 196 valence electrons. The van der Waals surface area contributed by atoms with Crippen molar-refractivity contribution in [3.8, 4) is 22.6 Å². The van der Waals surface area contributed by atoms with Crippen LogP contribution in [0.15, 0.2) is 72.8 Å². The van der Waals surface area contributed by atoms with Gasteiger partial charge in [-0.15, -0.1) is 0 Å². The van der Waals surface area contributed by atoms with E-state index in [1.807, 2.05) is 54.6 Å². The van der Waals surface area contributed by atoms with E-state index < -0.39 is 30.2 Å². The molecule has 4 atom stereocenters. The molecule has 3 N–H and O–H groups in total. The molecule has 1 aliphatic heterocycles. The Bertz CT molecular complexity index is 1210. The zero-order valence-electron chi connectivity index (χ0n) is 21.4. The zero-order chi connectivity index (χ0) is 26.6. The van der Waals surface area contributed by atoms with Gasteiger partial charge in [-0.05, 0) is 49.2 Å². The molecule has 1 amide bonds. The maximum atomic E-state index is 13.4. The van der Waals surface area contributed by atoms with Crippen LogP contribution in [-0.4, -0.2) is 60.5 Å². The third kappa shape index (κ3) is 5.78. The molecule has 0 aromatic heterocycles. The number of aliphatic hydroxyl groups is 2. The molecule has 1 heterocycles. The van der Waals surface area contributed by atoms with Crippen molar-refractivity contribution in [2.75, 3.05) is 14.2 Å². The van der Waals surface area contributed by atoms with Gasteiger partial charge in [0, 0.05) is 19.2 Å². The van der Waals surface area contributed by atoms with Gasteiger partial charge in [0.1, 0.15) is 29.8 Å². The number of ether oxygens (including phenoxy) is 4. The highest BCUT2D eigenvalue weighted by Gasteiger charge is 2.50. The minimum Gasteiger partial charge on any atom is -0.496 e. The first-order valence-electron chi connectivity index (χ1n) is 12.1. The first-order valence-corrected chi connectivity index (χ1v) is 12.1. The predicted molar refractivity (Wildman–Crippen MR) is 138 cm³/mol. The molecule has 8 nitrogen and oxygen atoms in total. The highest BCUT2D eigenvalue weighted by atomic mass is 16.7. The molecule has 1 aliphatic rings. The van der Waals surface area contributed by atoms with Crippen molar-refractivity contribution in [2.45, 2.75) is 50.6 Å². The lowest BCUT2D eigenvalue weighted by atomic mass is 9.89. The van der Waals surface area contributed by atoms with E-state index in [1.165, 1.54) is 7.11 Å². The summed E-state index contributed by atoms with van der Waals surface area (Å²) in [5, 5.41) is 24.2. The second-order valence-electron chi connectivity index (χ2n) is 9.42. The number of carbonyl (C=O) groups excluding carboxylic acids is 1. The number of carbonyl (C=O) groups is 1. The maximum Gasteiger partial charge on any atom is 0.252 e. The number of amides is 1. The van der Waals surface area contributed by atoms with Gasteiger partial charge in [-0.3, -0.25) is 4.79 Å². The number of nitrogens with one attached hydrogen (secondary N) is 1. The quantitative estimate of drug-likeness (QED) is 0.428. The number of methoxy groups -OCH3 is 2. The van der Waals surface area contributed by atoms with Gasteiger partial charge in [0.05, 0.1) is 18.3 Å². The highest BCUT2D eigenvalue weighted by Crippen LogP contribution is 2.36. The number of hydrogen-bond acceptors (Lipinski definition) is 7. The van der Waals surface area contributed by atoms with Gasteiger partial charge in [0.25, 0.3) is 5.91 Å². The molecular weight excluding hydrogens is 474 g/mol. The van der Waals surface area contributed by atoms with Crippen LogP contribution in [-0.2, 0) is 16.0 Å². The number of para-hydroxylation sites is 1. The van der Waals surface area contributed by atoms with E-state index in [2.05, 4.69) is 5.32 Å². The monoisotopic (exact) mass is 507 g/mol. The van der Waals surface area contributed by atoms with Crippen molar-refractivity contribution in [1.29, 1.82) is 0 Å². The Morgan fingerprint density at radius 1 is 0.946 bits per heavy atom. The molecule has 3 aromatic carbocycles. The number of hydrogen-bond donors (Lipinski definition) is 3. The van der Waals surface area contributed by atoms with Gasteiger partial charge in [0.2, 0.25) is 6.29 Å². The molecule has 4 rings (SSSR count). The van der Waals surface area contributed by atoms with E-state index in [9.17, 15) is 15.0 Å². The third-order valence-corrected chi connectivity index (χ3v) is 6.48. The molecule has 3 aromatic rings. The number of rotatable bonds is 8. The Kier molecular flexibility index (Phi) is 8.14. The summed E-state index contributed by atoms with van der Waals surface area (Å²) in [5.74, 6) is 0.612. The topological polar surface area (TPSA) is 106 Å². The standard InChI is InChI=1S/C29H33NO7/c1-29(2)26(35-4)24(31)25(32)28(37-29)36-19-14-15-20(21-12-8-9-13-23(21)34-3)22(16-19)27(33)30-17-18-10-6-5-7-11-18/h5-16,24-26,28,31-32H,17H2,1-4H3,(H,30,33)/t24-,25+,26+,28-/m0/s1. The summed E-state index contributed by atoms with van der Waals surface area (Å²) in [4.78, 5) is 13.4. The van der Waals surface area contributed by atoms with Crippen LogP contribution in [0.4, 0.5) is 0 Å². The van der Waals surface area contributed by atoms with E-state index in [0.717, 1.165) is 11.1 Å². The lowest BCUT2D eigenvalue weighted by Crippen LogP contribution is -2.63. The van der Waals surface area contributed by atoms with Gasteiger partial charge in [-0.1, -0.05) is 48.5 Å². The van der Waals surface area contributed by atoms with Crippen molar-refractivity contribution in [3.05, 3.63) is 83.9 Å². The van der Waals surface area contributed by atoms with Crippen LogP contribution in [0.25, 0.3) is 11.1 Å². The molecule has 0 unspecified atom stereocenters. The van der Waals surface area contributed by atoms with E-state index in [1.54, 1.807) is 39.2 Å². The summed E-state index contributed by atoms with van der Waals surface area (Å²) in [5.41, 5.74) is 1.79. The van der Waals surface area contributed by atoms with Gasteiger partial charge in [0.15, 0.2) is 0 Å². The Morgan fingerprint density at radius 3 is 2.35 bits per heavy atom. The molecule has 0 saturated carbocycles. The Balaban J connectivity index is 1.66. The Morgan fingerprint density at radius 2 is 1.65 bits per heavy atom. The largest absolute Gasteiger partial charge is 0.496 e. The van der Waals surface area contributed by atoms with Crippen molar-refractivity contribution < 1.29 is 34.0 Å². The van der Waals surface area contributed by atoms with E-state index in [4.69, 9.17) is 18.9 Å². The fourth-order valence-electron chi connectivity index (χ4n) is 4.60. The minimum absolute atomic E-state index is 0.298. The number of benzene rings is 3. The fraction of sp³-hybridized carbons (Fsp3) is 0.345. The van der Waals surface area contributed by atoms with E-state index in [-0.39, 0.29) is 5.91 Å². The van der Waals surface area contributed by atoms with Crippen molar-refractivity contribution in [3.63, 3.8) is 0 Å². The highest BCUT2D eigenvalue weighted by molar-refractivity contribution is 6.02. The van der Waals surface area contributed by atoms with Crippen LogP contribution >= 0.6 is 0 Å². The summed E-state index contributed by atoms with van der Waals surface area (Å²) >= 11 is 0.